The molecule has 10 rings (SSSR count). The predicted molar refractivity (Wildman–Crippen MR) is 213 cm³/mol. The number of hydrogen-bond acceptors (Lipinski definition) is 3. The molecule has 7 aromatic carbocycles. The van der Waals surface area contributed by atoms with Crippen LogP contribution in [0.4, 0.5) is 0 Å². The Morgan fingerprint density at radius 3 is 1.71 bits per heavy atom. The van der Waals surface area contributed by atoms with Crippen LogP contribution in [0.2, 0.25) is 0 Å². The first kappa shape index (κ1) is 30.2. The van der Waals surface area contributed by atoms with E-state index in [0.29, 0.717) is 17.6 Å². The summed E-state index contributed by atoms with van der Waals surface area (Å²) in [4.78, 5) is 15.7. The molecule has 0 aliphatic heterocycles. The fraction of sp³-hybridized carbons (Fsp3) is 0.0625. The van der Waals surface area contributed by atoms with Crippen molar-refractivity contribution in [1.82, 2.24) is 19.5 Å². The molecule has 0 radical (unpaired) electrons. The molecule has 1 aliphatic carbocycles. The quantitative estimate of drug-likeness (QED) is 0.184. The highest BCUT2D eigenvalue weighted by Gasteiger charge is 2.38. The van der Waals surface area contributed by atoms with Crippen LogP contribution in [0.1, 0.15) is 25.0 Å². The summed E-state index contributed by atoms with van der Waals surface area (Å²) in [6.45, 7) is 4.71. The average molecular weight is 667 g/mol. The van der Waals surface area contributed by atoms with Gasteiger partial charge in [0.1, 0.15) is 0 Å². The van der Waals surface area contributed by atoms with Crippen LogP contribution in [0.5, 0.6) is 0 Å². The summed E-state index contributed by atoms with van der Waals surface area (Å²) in [6.07, 6.45) is 0. The second-order valence-corrected chi connectivity index (χ2v) is 14.1. The van der Waals surface area contributed by atoms with Crippen molar-refractivity contribution in [3.8, 4) is 62.1 Å². The van der Waals surface area contributed by atoms with E-state index in [1.165, 1.54) is 38.6 Å². The van der Waals surface area contributed by atoms with Gasteiger partial charge in [-0.2, -0.15) is 9.97 Å². The third kappa shape index (κ3) is 4.72. The molecule has 2 aromatic heterocycles. The maximum atomic E-state index is 5.32. The van der Waals surface area contributed by atoms with Gasteiger partial charge in [-0.05, 0) is 62.7 Å². The molecule has 0 bridgehead atoms. The lowest BCUT2D eigenvalue weighted by molar-refractivity contribution is 0.666. The smallest absolute Gasteiger partial charge is 0.238 e. The molecule has 2 heterocycles. The highest BCUT2D eigenvalue weighted by atomic mass is 15.2. The van der Waals surface area contributed by atoms with E-state index in [-0.39, 0.29) is 5.41 Å². The molecule has 1 aliphatic rings. The zero-order valence-electron chi connectivity index (χ0n) is 29.0. The van der Waals surface area contributed by atoms with Crippen LogP contribution in [0, 0.1) is 0 Å². The van der Waals surface area contributed by atoms with Gasteiger partial charge in [0.15, 0.2) is 11.6 Å². The molecule has 0 spiro atoms. The first-order valence-corrected chi connectivity index (χ1v) is 17.8. The maximum Gasteiger partial charge on any atom is 0.238 e. The van der Waals surface area contributed by atoms with Gasteiger partial charge in [0.05, 0.1) is 11.0 Å². The minimum absolute atomic E-state index is 0.194. The van der Waals surface area contributed by atoms with Gasteiger partial charge in [-0.15, -0.1) is 0 Å². The van der Waals surface area contributed by atoms with E-state index in [9.17, 15) is 0 Å². The van der Waals surface area contributed by atoms with E-state index < -0.39 is 0 Å². The van der Waals surface area contributed by atoms with E-state index in [1.807, 2.05) is 24.3 Å². The molecule has 0 saturated carbocycles. The van der Waals surface area contributed by atoms with Gasteiger partial charge in [0.25, 0.3) is 0 Å². The van der Waals surface area contributed by atoms with Gasteiger partial charge in [0.2, 0.25) is 5.95 Å². The van der Waals surface area contributed by atoms with Crippen molar-refractivity contribution >= 4 is 21.8 Å². The van der Waals surface area contributed by atoms with Gasteiger partial charge in [-0.1, -0.05) is 166 Å². The monoisotopic (exact) mass is 666 g/mol. The molecule has 0 N–H and O–H groups in total. The third-order valence-electron chi connectivity index (χ3n) is 10.6. The number of fused-ring (bicyclic) bond motifs is 7. The number of benzene rings is 7. The number of rotatable bonds is 5. The van der Waals surface area contributed by atoms with Gasteiger partial charge in [-0.25, -0.2) is 4.98 Å². The predicted octanol–water partition coefficient (Wildman–Crippen LogP) is 11.9. The van der Waals surface area contributed by atoms with Crippen molar-refractivity contribution in [1.29, 1.82) is 0 Å². The highest BCUT2D eigenvalue weighted by Crippen LogP contribution is 2.53. The molecule has 0 fully saturated rings. The Morgan fingerprint density at radius 2 is 1.00 bits per heavy atom. The van der Waals surface area contributed by atoms with Crippen LogP contribution in [0.25, 0.3) is 83.9 Å². The Balaban J connectivity index is 1.28. The van der Waals surface area contributed by atoms with E-state index in [1.54, 1.807) is 0 Å². The molecule has 4 heteroatoms. The van der Waals surface area contributed by atoms with Crippen molar-refractivity contribution in [3.05, 3.63) is 181 Å². The summed E-state index contributed by atoms with van der Waals surface area (Å²) in [6, 6.07) is 60.0. The van der Waals surface area contributed by atoms with Crippen LogP contribution in [0.3, 0.4) is 0 Å². The van der Waals surface area contributed by atoms with Gasteiger partial charge in [-0.3, -0.25) is 4.57 Å². The normalized spacial score (nSPS) is 13.0. The molecular weight excluding hydrogens is 633 g/mol. The Hall–Kier alpha value is -6.65. The fourth-order valence-electron chi connectivity index (χ4n) is 8.18. The molecule has 52 heavy (non-hydrogen) atoms. The zero-order chi connectivity index (χ0) is 34.8. The van der Waals surface area contributed by atoms with Gasteiger partial charge >= 0.3 is 0 Å². The van der Waals surface area contributed by atoms with Crippen molar-refractivity contribution in [2.75, 3.05) is 0 Å². The van der Waals surface area contributed by atoms with E-state index in [0.717, 1.165) is 38.9 Å². The minimum Gasteiger partial charge on any atom is -0.278 e. The van der Waals surface area contributed by atoms with Crippen LogP contribution < -0.4 is 0 Å². The summed E-state index contributed by atoms with van der Waals surface area (Å²) >= 11 is 0. The highest BCUT2D eigenvalue weighted by molar-refractivity contribution is 6.15. The first-order valence-electron chi connectivity index (χ1n) is 17.8. The lowest BCUT2D eigenvalue weighted by atomic mass is 9.80. The van der Waals surface area contributed by atoms with Crippen molar-refractivity contribution in [2.45, 2.75) is 19.3 Å². The summed E-state index contributed by atoms with van der Waals surface area (Å²) in [7, 11) is 0. The van der Waals surface area contributed by atoms with Crippen LogP contribution in [0.15, 0.2) is 170 Å². The van der Waals surface area contributed by atoms with Crippen LogP contribution in [-0.4, -0.2) is 19.5 Å². The second-order valence-electron chi connectivity index (χ2n) is 14.1. The van der Waals surface area contributed by atoms with Crippen LogP contribution >= 0.6 is 0 Å². The molecule has 4 nitrogen and oxygen atoms in total. The average Bonchev–Trinajstić information content (AvgIpc) is 3.66. The summed E-state index contributed by atoms with van der Waals surface area (Å²) in [5.41, 5.74) is 13.7. The third-order valence-corrected chi connectivity index (χ3v) is 10.6. The summed E-state index contributed by atoms with van der Waals surface area (Å²) in [5, 5.41) is 2.42. The Kier molecular flexibility index (Phi) is 6.80. The fourth-order valence-corrected chi connectivity index (χ4v) is 8.18. The minimum atomic E-state index is -0.194. The molecule has 0 unspecified atom stereocenters. The summed E-state index contributed by atoms with van der Waals surface area (Å²) < 4.78 is 2.26. The van der Waals surface area contributed by atoms with Crippen molar-refractivity contribution in [2.24, 2.45) is 0 Å². The molecule has 9 aromatic rings. The maximum absolute atomic E-state index is 5.32. The molecule has 246 valence electrons. The van der Waals surface area contributed by atoms with Gasteiger partial charge in [0, 0.05) is 27.3 Å². The molecular formula is C48H34N4. The molecule has 0 atom stereocenters. The number of nitrogens with zero attached hydrogens (tertiary/aromatic N) is 4. The molecule has 0 saturated heterocycles. The number of hydrogen-bond donors (Lipinski definition) is 0. The lowest BCUT2D eigenvalue weighted by Crippen LogP contribution is -2.15. The van der Waals surface area contributed by atoms with E-state index in [4.69, 9.17) is 15.0 Å². The van der Waals surface area contributed by atoms with Crippen molar-refractivity contribution < 1.29 is 0 Å². The lowest BCUT2D eigenvalue weighted by Gasteiger charge is -2.22. The van der Waals surface area contributed by atoms with Crippen molar-refractivity contribution in [3.63, 3.8) is 0 Å². The largest absolute Gasteiger partial charge is 0.278 e. The Bertz CT molecular complexity index is 2800. The second kappa shape index (κ2) is 11.7. The Labute approximate surface area is 302 Å². The van der Waals surface area contributed by atoms with Gasteiger partial charge < -0.3 is 0 Å². The van der Waals surface area contributed by atoms with E-state index in [2.05, 4.69) is 164 Å². The Morgan fingerprint density at radius 1 is 0.423 bits per heavy atom. The SMILES string of the molecule is CC1(C)c2ccccc2-c2ccc3c(c21)c1ccc(-c2ccccc2)cc1n3-c1nc(-c2ccccc2)nc(-c2cccc(-c3ccccc3)c2)n1. The topological polar surface area (TPSA) is 43.6 Å². The molecule has 0 amide bonds. The van der Waals surface area contributed by atoms with Crippen LogP contribution in [-0.2, 0) is 5.41 Å². The van der Waals surface area contributed by atoms with E-state index >= 15 is 0 Å². The standard InChI is InChI=1S/C48H34N4/c1-48(2)40-24-13-12-23-37(40)38-27-28-41-43(44(38)48)39-26-25-35(32-17-8-4-9-18-32)30-42(39)52(41)47-50-45(33-19-10-5-11-20-33)49-46(51-47)36-22-14-21-34(29-36)31-15-6-3-7-16-31/h3-30H,1-2H3. The first-order chi connectivity index (χ1) is 25.5. The number of aromatic nitrogens is 4. The zero-order valence-corrected chi connectivity index (χ0v) is 29.0. The summed E-state index contributed by atoms with van der Waals surface area (Å²) in [5.74, 6) is 1.85.